The van der Waals surface area contributed by atoms with Crippen LogP contribution in [0.1, 0.15) is 20.3 Å². The van der Waals surface area contributed by atoms with Crippen LogP contribution in [0.4, 0.5) is 0 Å². The van der Waals surface area contributed by atoms with E-state index < -0.39 is 6.04 Å². The Hall–Kier alpha value is -0.750. The van der Waals surface area contributed by atoms with E-state index in [-0.39, 0.29) is 17.6 Å². The Labute approximate surface area is 102 Å². The predicted molar refractivity (Wildman–Crippen MR) is 65.6 cm³/mol. The molecule has 0 aromatic carbocycles. The summed E-state index contributed by atoms with van der Waals surface area (Å²) in [7, 11) is 0. The third-order valence-electron chi connectivity index (χ3n) is 1.85. The van der Waals surface area contributed by atoms with Crippen LogP contribution in [0, 0.1) is 0 Å². The first kappa shape index (κ1) is 15.2. The maximum Gasteiger partial charge on any atom is 0.243 e. The summed E-state index contributed by atoms with van der Waals surface area (Å²) in [6.07, 6.45) is 0.763. The van der Waals surface area contributed by atoms with Crippen molar-refractivity contribution in [3.05, 3.63) is 0 Å². The standard InChI is InChI=1S/C10H20N2O3S/c1-3-15-6-4-5-11-10(14)9(7-16)12-8(2)13/h9,16H,3-7H2,1-2H3,(H,11,14)(H,12,13). The Morgan fingerprint density at radius 3 is 2.62 bits per heavy atom. The molecule has 94 valence electrons. The van der Waals surface area contributed by atoms with Crippen LogP contribution in [0.5, 0.6) is 0 Å². The van der Waals surface area contributed by atoms with Gasteiger partial charge in [0, 0.05) is 32.4 Å². The maximum absolute atomic E-state index is 11.5. The highest BCUT2D eigenvalue weighted by atomic mass is 32.1. The lowest BCUT2D eigenvalue weighted by Crippen LogP contribution is -2.47. The number of ether oxygens (including phenoxy) is 1. The molecular weight excluding hydrogens is 228 g/mol. The van der Waals surface area contributed by atoms with Crippen LogP contribution in [0.2, 0.25) is 0 Å². The van der Waals surface area contributed by atoms with Gasteiger partial charge in [0.2, 0.25) is 11.8 Å². The molecule has 0 bridgehead atoms. The van der Waals surface area contributed by atoms with Crippen molar-refractivity contribution in [1.82, 2.24) is 10.6 Å². The summed E-state index contributed by atoms with van der Waals surface area (Å²) in [5, 5.41) is 5.24. The third-order valence-corrected chi connectivity index (χ3v) is 2.21. The highest BCUT2D eigenvalue weighted by molar-refractivity contribution is 7.80. The predicted octanol–water partition coefficient (Wildman–Crippen LogP) is -0.0363. The molecule has 0 radical (unpaired) electrons. The van der Waals surface area contributed by atoms with Crippen molar-refractivity contribution in [2.75, 3.05) is 25.5 Å². The SMILES string of the molecule is CCOCCCNC(=O)C(CS)NC(C)=O. The number of hydrogen-bond donors (Lipinski definition) is 3. The van der Waals surface area contributed by atoms with Crippen molar-refractivity contribution in [2.45, 2.75) is 26.3 Å². The zero-order valence-electron chi connectivity index (χ0n) is 9.78. The molecule has 2 amide bonds. The lowest BCUT2D eigenvalue weighted by atomic mass is 10.3. The van der Waals surface area contributed by atoms with Crippen molar-refractivity contribution in [1.29, 1.82) is 0 Å². The van der Waals surface area contributed by atoms with Crippen LogP contribution in [0.15, 0.2) is 0 Å². The lowest BCUT2D eigenvalue weighted by molar-refractivity contribution is -0.127. The summed E-state index contributed by atoms with van der Waals surface area (Å²) in [6, 6.07) is -0.562. The number of rotatable bonds is 8. The van der Waals surface area contributed by atoms with Crippen molar-refractivity contribution >= 4 is 24.4 Å². The van der Waals surface area contributed by atoms with Gasteiger partial charge < -0.3 is 15.4 Å². The molecule has 0 aliphatic carbocycles. The number of carbonyl (C=O) groups is 2. The quantitative estimate of drug-likeness (QED) is 0.417. The molecule has 0 rings (SSSR count). The average molecular weight is 248 g/mol. The largest absolute Gasteiger partial charge is 0.382 e. The normalized spacial score (nSPS) is 11.9. The summed E-state index contributed by atoms with van der Waals surface area (Å²) < 4.78 is 5.13. The van der Waals surface area contributed by atoms with E-state index in [1.54, 1.807) is 0 Å². The second-order valence-electron chi connectivity index (χ2n) is 3.28. The van der Waals surface area contributed by atoms with E-state index in [0.29, 0.717) is 19.8 Å². The monoisotopic (exact) mass is 248 g/mol. The zero-order valence-corrected chi connectivity index (χ0v) is 10.7. The van der Waals surface area contributed by atoms with E-state index in [4.69, 9.17) is 4.74 Å². The smallest absolute Gasteiger partial charge is 0.243 e. The molecule has 1 atom stereocenters. The molecule has 0 fully saturated rings. The first-order chi connectivity index (χ1) is 7.61. The van der Waals surface area contributed by atoms with Gasteiger partial charge in [-0.05, 0) is 13.3 Å². The van der Waals surface area contributed by atoms with E-state index in [9.17, 15) is 9.59 Å². The molecule has 0 aromatic rings. The second-order valence-corrected chi connectivity index (χ2v) is 3.64. The number of nitrogens with one attached hydrogen (secondary N) is 2. The van der Waals surface area contributed by atoms with E-state index in [1.807, 2.05) is 6.92 Å². The molecule has 0 aliphatic rings. The van der Waals surface area contributed by atoms with Gasteiger partial charge in [-0.2, -0.15) is 12.6 Å². The Morgan fingerprint density at radius 1 is 1.44 bits per heavy atom. The summed E-state index contributed by atoms with van der Waals surface area (Å²) in [5.41, 5.74) is 0. The molecule has 16 heavy (non-hydrogen) atoms. The minimum Gasteiger partial charge on any atom is -0.382 e. The molecule has 1 unspecified atom stereocenters. The highest BCUT2D eigenvalue weighted by Crippen LogP contribution is 1.89. The summed E-state index contributed by atoms with van der Waals surface area (Å²) in [4.78, 5) is 22.3. The van der Waals surface area contributed by atoms with E-state index in [0.717, 1.165) is 6.42 Å². The minimum absolute atomic E-state index is 0.207. The number of carbonyl (C=O) groups excluding carboxylic acids is 2. The van der Waals surface area contributed by atoms with Crippen molar-refractivity contribution < 1.29 is 14.3 Å². The minimum atomic E-state index is -0.562. The van der Waals surface area contributed by atoms with Gasteiger partial charge in [-0.25, -0.2) is 0 Å². The van der Waals surface area contributed by atoms with E-state index in [1.165, 1.54) is 6.92 Å². The van der Waals surface area contributed by atoms with Crippen molar-refractivity contribution in [3.8, 4) is 0 Å². The van der Waals surface area contributed by atoms with Crippen LogP contribution in [0.3, 0.4) is 0 Å². The Balaban J connectivity index is 3.71. The van der Waals surface area contributed by atoms with Crippen LogP contribution >= 0.6 is 12.6 Å². The van der Waals surface area contributed by atoms with Crippen LogP contribution in [0.25, 0.3) is 0 Å². The first-order valence-corrected chi connectivity index (χ1v) is 5.98. The van der Waals surface area contributed by atoms with Gasteiger partial charge in [0.1, 0.15) is 6.04 Å². The third kappa shape index (κ3) is 7.53. The highest BCUT2D eigenvalue weighted by Gasteiger charge is 2.16. The van der Waals surface area contributed by atoms with Gasteiger partial charge in [0.25, 0.3) is 0 Å². The second kappa shape index (κ2) is 9.47. The molecule has 5 nitrogen and oxygen atoms in total. The molecule has 0 heterocycles. The summed E-state index contributed by atoms with van der Waals surface area (Å²) >= 11 is 4.01. The summed E-state index contributed by atoms with van der Waals surface area (Å²) in [5.74, 6) is -0.151. The van der Waals surface area contributed by atoms with Crippen LogP contribution < -0.4 is 10.6 Å². The molecule has 0 saturated carbocycles. The lowest BCUT2D eigenvalue weighted by Gasteiger charge is -2.15. The average Bonchev–Trinajstić information content (AvgIpc) is 2.25. The Kier molecular flexibility index (Phi) is 9.03. The fraction of sp³-hybridized carbons (Fsp3) is 0.800. The number of amides is 2. The fourth-order valence-corrected chi connectivity index (χ4v) is 1.35. The van der Waals surface area contributed by atoms with Crippen molar-refractivity contribution in [2.24, 2.45) is 0 Å². The van der Waals surface area contributed by atoms with Gasteiger partial charge in [0.15, 0.2) is 0 Å². The van der Waals surface area contributed by atoms with E-state index >= 15 is 0 Å². The van der Waals surface area contributed by atoms with Gasteiger partial charge >= 0.3 is 0 Å². The van der Waals surface area contributed by atoms with Gasteiger partial charge in [-0.3, -0.25) is 9.59 Å². The van der Waals surface area contributed by atoms with Crippen LogP contribution in [-0.2, 0) is 14.3 Å². The van der Waals surface area contributed by atoms with Gasteiger partial charge in [0.05, 0.1) is 0 Å². The topological polar surface area (TPSA) is 67.4 Å². The summed E-state index contributed by atoms with van der Waals surface area (Å²) in [6.45, 7) is 5.15. The van der Waals surface area contributed by atoms with Crippen LogP contribution in [-0.4, -0.2) is 43.4 Å². The van der Waals surface area contributed by atoms with Gasteiger partial charge in [-0.1, -0.05) is 0 Å². The molecule has 0 saturated heterocycles. The number of hydrogen-bond acceptors (Lipinski definition) is 4. The molecule has 0 spiro atoms. The maximum atomic E-state index is 11.5. The van der Waals surface area contributed by atoms with Crippen molar-refractivity contribution in [3.63, 3.8) is 0 Å². The molecule has 0 aromatic heterocycles. The Morgan fingerprint density at radius 2 is 2.12 bits per heavy atom. The molecular formula is C10H20N2O3S. The zero-order chi connectivity index (χ0) is 12.4. The van der Waals surface area contributed by atoms with E-state index in [2.05, 4.69) is 23.3 Å². The molecule has 6 heteroatoms. The van der Waals surface area contributed by atoms with Gasteiger partial charge in [-0.15, -0.1) is 0 Å². The number of thiol groups is 1. The Bertz CT molecular complexity index is 224. The fourth-order valence-electron chi connectivity index (χ4n) is 1.09. The molecule has 2 N–H and O–H groups in total. The first-order valence-electron chi connectivity index (χ1n) is 5.35. The molecule has 0 aliphatic heterocycles.